The molecule has 5 heteroatoms. The summed E-state index contributed by atoms with van der Waals surface area (Å²) in [6, 6.07) is 5.45. The van der Waals surface area contributed by atoms with Gasteiger partial charge in [-0.2, -0.15) is 0 Å². The molecule has 5 nitrogen and oxygen atoms in total. The second-order valence-electron chi connectivity index (χ2n) is 5.17. The van der Waals surface area contributed by atoms with Crippen molar-refractivity contribution < 1.29 is 9.59 Å². The third-order valence-electron chi connectivity index (χ3n) is 3.70. The number of anilines is 1. The van der Waals surface area contributed by atoms with Crippen LogP contribution in [0.5, 0.6) is 0 Å². The minimum absolute atomic E-state index is 0.280. The highest BCUT2D eigenvalue weighted by Crippen LogP contribution is 2.29. The Kier molecular flexibility index (Phi) is 4.27. The van der Waals surface area contributed by atoms with Crippen LogP contribution in [0.25, 0.3) is 0 Å². The number of nitrogens with zero attached hydrogens (tertiary/aromatic N) is 1. The first-order valence-electron chi connectivity index (χ1n) is 6.91. The van der Waals surface area contributed by atoms with E-state index in [2.05, 4.69) is 40.7 Å². The molecule has 108 valence electrons. The highest BCUT2D eigenvalue weighted by Gasteiger charge is 2.26. The van der Waals surface area contributed by atoms with E-state index in [1.54, 1.807) is 0 Å². The van der Waals surface area contributed by atoms with Crippen molar-refractivity contribution >= 4 is 17.6 Å². The Balaban J connectivity index is 2.18. The topological polar surface area (TPSA) is 61.4 Å². The van der Waals surface area contributed by atoms with Gasteiger partial charge in [-0.05, 0) is 38.3 Å². The number of hydrogen-bond donors (Lipinski definition) is 2. The summed E-state index contributed by atoms with van der Waals surface area (Å²) in [4.78, 5) is 25.4. The first kappa shape index (κ1) is 14.4. The molecule has 2 rings (SSSR count). The van der Waals surface area contributed by atoms with E-state index in [1.165, 1.54) is 18.2 Å². The van der Waals surface area contributed by atoms with Gasteiger partial charge in [0.1, 0.15) is 6.04 Å². The standard InChI is InChI=1S/C15H21N3O2/c1-10-6-7-13-12(9-10)5-4-8-18(13)11(2)14(19)17-15(20)16-3/h6-7,9,11H,4-5,8H2,1-3H3,(H2,16,17,19,20). The van der Waals surface area contributed by atoms with Crippen LogP contribution >= 0.6 is 0 Å². The van der Waals surface area contributed by atoms with Crippen LogP contribution in [0.3, 0.4) is 0 Å². The van der Waals surface area contributed by atoms with Crippen LogP contribution in [-0.4, -0.2) is 31.6 Å². The van der Waals surface area contributed by atoms with Crippen LogP contribution in [0.4, 0.5) is 10.5 Å². The van der Waals surface area contributed by atoms with Gasteiger partial charge in [0, 0.05) is 19.3 Å². The zero-order valence-corrected chi connectivity index (χ0v) is 12.2. The zero-order chi connectivity index (χ0) is 14.7. The highest BCUT2D eigenvalue weighted by atomic mass is 16.2. The summed E-state index contributed by atoms with van der Waals surface area (Å²) in [7, 11) is 1.49. The van der Waals surface area contributed by atoms with E-state index in [1.807, 2.05) is 6.92 Å². The summed E-state index contributed by atoms with van der Waals surface area (Å²) in [6.45, 7) is 4.73. The molecule has 1 unspecified atom stereocenters. The van der Waals surface area contributed by atoms with E-state index in [4.69, 9.17) is 0 Å². The number of carbonyl (C=O) groups is 2. The quantitative estimate of drug-likeness (QED) is 0.861. The fourth-order valence-corrected chi connectivity index (χ4v) is 2.58. The number of imide groups is 1. The van der Waals surface area contributed by atoms with Crippen LogP contribution < -0.4 is 15.5 Å². The fourth-order valence-electron chi connectivity index (χ4n) is 2.58. The van der Waals surface area contributed by atoms with Crippen LogP contribution in [0.15, 0.2) is 18.2 Å². The SMILES string of the molecule is CNC(=O)NC(=O)C(C)N1CCCc2cc(C)ccc21. The summed E-state index contributed by atoms with van der Waals surface area (Å²) >= 11 is 0. The number of fused-ring (bicyclic) bond motifs is 1. The van der Waals surface area contributed by atoms with E-state index in [-0.39, 0.29) is 11.9 Å². The summed E-state index contributed by atoms with van der Waals surface area (Å²) in [5.74, 6) is -0.280. The smallest absolute Gasteiger partial charge is 0.321 e. The van der Waals surface area contributed by atoms with Crippen molar-refractivity contribution in [2.75, 3.05) is 18.5 Å². The van der Waals surface area contributed by atoms with E-state index >= 15 is 0 Å². The molecular weight excluding hydrogens is 254 g/mol. The number of rotatable bonds is 2. The van der Waals surface area contributed by atoms with Crippen LogP contribution in [0.1, 0.15) is 24.5 Å². The molecule has 0 bridgehead atoms. The second kappa shape index (κ2) is 5.94. The fraction of sp³-hybridized carbons (Fsp3) is 0.467. The molecule has 1 aromatic rings. The first-order chi connectivity index (χ1) is 9.52. The van der Waals surface area contributed by atoms with Gasteiger partial charge in [0.05, 0.1) is 0 Å². The van der Waals surface area contributed by atoms with Crippen molar-refractivity contribution in [3.63, 3.8) is 0 Å². The van der Waals surface area contributed by atoms with Crippen LogP contribution in [-0.2, 0) is 11.2 Å². The lowest BCUT2D eigenvalue weighted by Gasteiger charge is -2.35. The molecule has 0 fully saturated rings. The summed E-state index contributed by atoms with van der Waals surface area (Å²) in [5.41, 5.74) is 3.60. The number of amides is 3. The molecule has 1 heterocycles. The monoisotopic (exact) mass is 275 g/mol. The van der Waals surface area contributed by atoms with Crippen LogP contribution in [0, 0.1) is 6.92 Å². The normalized spacial score (nSPS) is 15.2. The van der Waals surface area contributed by atoms with Crippen molar-refractivity contribution in [1.29, 1.82) is 0 Å². The van der Waals surface area contributed by atoms with Gasteiger partial charge < -0.3 is 10.2 Å². The number of urea groups is 1. The summed E-state index contributed by atoms with van der Waals surface area (Å²) < 4.78 is 0. The summed E-state index contributed by atoms with van der Waals surface area (Å²) in [6.07, 6.45) is 2.06. The molecule has 1 aliphatic rings. The average molecular weight is 275 g/mol. The molecule has 1 aromatic carbocycles. The molecule has 0 saturated carbocycles. The largest absolute Gasteiger partial charge is 0.360 e. The third kappa shape index (κ3) is 2.92. The molecule has 0 aromatic heterocycles. The molecular formula is C15H21N3O2. The van der Waals surface area contributed by atoms with E-state index in [0.717, 1.165) is 25.1 Å². The minimum atomic E-state index is -0.469. The number of nitrogens with one attached hydrogen (secondary N) is 2. The van der Waals surface area contributed by atoms with Crippen molar-refractivity contribution in [3.8, 4) is 0 Å². The molecule has 20 heavy (non-hydrogen) atoms. The predicted molar refractivity (Wildman–Crippen MR) is 78.9 cm³/mol. The van der Waals surface area contributed by atoms with E-state index < -0.39 is 6.03 Å². The van der Waals surface area contributed by atoms with Crippen molar-refractivity contribution in [3.05, 3.63) is 29.3 Å². The minimum Gasteiger partial charge on any atom is -0.360 e. The molecule has 1 atom stereocenters. The molecule has 3 amide bonds. The number of hydrogen-bond acceptors (Lipinski definition) is 3. The van der Waals surface area contributed by atoms with Crippen LogP contribution in [0.2, 0.25) is 0 Å². The Labute approximate surface area is 119 Å². The number of carbonyl (C=O) groups excluding carboxylic acids is 2. The lowest BCUT2D eigenvalue weighted by Crippen LogP contribution is -2.50. The molecule has 1 aliphatic heterocycles. The Hall–Kier alpha value is -2.04. The lowest BCUT2D eigenvalue weighted by atomic mass is 9.98. The van der Waals surface area contributed by atoms with Gasteiger partial charge in [-0.25, -0.2) is 4.79 Å². The third-order valence-corrected chi connectivity index (χ3v) is 3.70. The predicted octanol–water partition coefficient (Wildman–Crippen LogP) is 1.59. The maximum atomic E-state index is 12.1. The molecule has 0 spiro atoms. The van der Waals surface area contributed by atoms with Crippen molar-refractivity contribution in [2.24, 2.45) is 0 Å². The molecule has 0 saturated heterocycles. The first-order valence-corrected chi connectivity index (χ1v) is 6.91. The van der Waals surface area contributed by atoms with Gasteiger partial charge in [0.2, 0.25) is 5.91 Å². The van der Waals surface area contributed by atoms with E-state index in [0.29, 0.717) is 0 Å². The Bertz CT molecular complexity index is 528. The second-order valence-corrected chi connectivity index (χ2v) is 5.17. The Morgan fingerprint density at radius 2 is 2.10 bits per heavy atom. The Morgan fingerprint density at radius 1 is 1.35 bits per heavy atom. The van der Waals surface area contributed by atoms with Gasteiger partial charge >= 0.3 is 6.03 Å². The molecule has 0 aliphatic carbocycles. The highest BCUT2D eigenvalue weighted by molar-refractivity contribution is 5.98. The molecule has 2 N–H and O–H groups in total. The molecule has 0 radical (unpaired) electrons. The summed E-state index contributed by atoms with van der Waals surface area (Å²) in [5, 5.41) is 4.73. The van der Waals surface area contributed by atoms with Gasteiger partial charge in [0.25, 0.3) is 0 Å². The van der Waals surface area contributed by atoms with Crippen molar-refractivity contribution in [1.82, 2.24) is 10.6 Å². The number of benzene rings is 1. The van der Waals surface area contributed by atoms with Crippen molar-refractivity contribution in [2.45, 2.75) is 32.7 Å². The van der Waals surface area contributed by atoms with Gasteiger partial charge in [-0.15, -0.1) is 0 Å². The Morgan fingerprint density at radius 3 is 2.80 bits per heavy atom. The zero-order valence-electron chi connectivity index (χ0n) is 12.2. The van der Waals surface area contributed by atoms with Gasteiger partial charge in [-0.3, -0.25) is 10.1 Å². The van der Waals surface area contributed by atoms with Gasteiger partial charge in [0.15, 0.2) is 0 Å². The average Bonchev–Trinajstić information content (AvgIpc) is 2.45. The lowest BCUT2D eigenvalue weighted by molar-refractivity contribution is -0.121. The number of aryl methyl sites for hydroxylation is 2. The van der Waals surface area contributed by atoms with Gasteiger partial charge in [-0.1, -0.05) is 17.7 Å². The maximum Gasteiger partial charge on any atom is 0.321 e. The maximum absolute atomic E-state index is 12.1. The van der Waals surface area contributed by atoms with E-state index in [9.17, 15) is 9.59 Å².